The lowest BCUT2D eigenvalue weighted by molar-refractivity contribution is -0.143. The van der Waals surface area contributed by atoms with Crippen LogP contribution in [0.5, 0.6) is 0 Å². The average Bonchev–Trinajstić information content (AvgIpc) is 3.26. The molecule has 0 aromatic rings. The van der Waals surface area contributed by atoms with E-state index in [9.17, 15) is 4.79 Å². The zero-order valence-corrected chi connectivity index (χ0v) is 13.2. The summed E-state index contributed by atoms with van der Waals surface area (Å²) >= 11 is 0. The highest BCUT2D eigenvalue weighted by molar-refractivity contribution is 5.93. The first-order chi connectivity index (χ1) is 9.47. The molecule has 4 nitrogen and oxygen atoms in total. The van der Waals surface area contributed by atoms with Crippen molar-refractivity contribution in [3.05, 3.63) is 0 Å². The van der Waals surface area contributed by atoms with Crippen molar-refractivity contribution in [2.45, 2.75) is 63.6 Å². The topological polar surface area (TPSA) is 44.4 Å². The van der Waals surface area contributed by atoms with E-state index in [2.05, 4.69) is 36.3 Å². The summed E-state index contributed by atoms with van der Waals surface area (Å²) in [6.07, 6.45) is 4.54. The first-order valence-corrected chi connectivity index (χ1v) is 8.23. The molecular formula is C16H29N3O. The second kappa shape index (κ2) is 5.08. The largest absolute Gasteiger partial charge is 0.317 e. The predicted molar refractivity (Wildman–Crippen MR) is 80.8 cm³/mol. The Balaban J connectivity index is 1.90. The Morgan fingerprint density at radius 1 is 1.05 bits per heavy atom. The Bertz CT molecular complexity index is 385. The number of piperidine rings is 1. The van der Waals surface area contributed by atoms with Crippen molar-refractivity contribution in [1.29, 1.82) is 0 Å². The summed E-state index contributed by atoms with van der Waals surface area (Å²) in [5, 5.41) is 7.04. The van der Waals surface area contributed by atoms with Crippen LogP contribution in [0.1, 0.15) is 46.5 Å². The van der Waals surface area contributed by atoms with Gasteiger partial charge in [0.15, 0.2) is 5.78 Å². The van der Waals surface area contributed by atoms with Crippen LogP contribution in [0.2, 0.25) is 0 Å². The second-order valence-corrected chi connectivity index (χ2v) is 7.44. The molecule has 0 spiro atoms. The number of piperazine rings is 1. The number of Topliss-reactive ketones (excluding diaryl/α,β-unsaturated/α-hetero) is 1. The Hall–Kier alpha value is -0.450. The number of hydrogen-bond acceptors (Lipinski definition) is 4. The Labute approximate surface area is 122 Å². The van der Waals surface area contributed by atoms with Gasteiger partial charge in [-0.15, -0.1) is 0 Å². The number of rotatable bonds is 3. The van der Waals surface area contributed by atoms with E-state index < -0.39 is 0 Å². The van der Waals surface area contributed by atoms with Gasteiger partial charge in [0.25, 0.3) is 0 Å². The molecule has 0 amide bonds. The summed E-state index contributed by atoms with van der Waals surface area (Å²) in [5.74, 6) is 0.802. The first-order valence-electron chi connectivity index (χ1n) is 8.23. The van der Waals surface area contributed by atoms with Gasteiger partial charge in [0.05, 0.1) is 5.54 Å². The monoisotopic (exact) mass is 279 g/mol. The summed E-state index contributed by atoms with van der Waals surface area (Å²) in [6, 6.07) is 0.560. The van der Waals surface area contributed by atoms with Crippen LogP contribution in [0.3, 0.4) is 0 Å². The number of carbonyl (C=O) groups excluding carboxylic acids is 1. The molecule has 1 atom stereocenters. The molecule has 3 fully saturated rings. The van der Waals surface area contributed by atoms with E-state index in [-0.39, 0.29) is 11.1 Å². The van der Waals surface area contributed by atoms with Gasteiger partial charge in [-0.25, -0.2) is 0 Å². The highest BCUT2D eigenvalue weighted by Crippen LogP contribution is 2.43. The lowest BCUT2D eigenvalue weighted by Crippen LogP contribution is -2.76. The van der Waals surface area contributed by atoms with Gasteiger partial charge in [0.2, 0.25) is 0 Å². The molecule has 0 aromatic carbocycles. The van der Waals surface area contributed by atoms with Gasteiger partial charge in [0.1, 0.15) is 0 Å². The van der Waals surface area contributed by atoms with Crippen molar-refractivity contribution in [2.24, 2.45) is 5.92 Å². The molecule has 2 N–H and O–H groups in total. The van der Waals surface area contributed by atoms with E-state index in [1.165, 1.54) is 12.8 Å². The molecule has 0 unspecified atom stereocenters. The molecule has 3 aliphatic rings. The number of nitrogens with zero attached hydrogens (tertiary/aromatic N) is 1. The van der Waals surface area contributed by atoms with Crippen LogP contribution < -0.4 is 10.6 Å². The van der Waals surface area contributed by atoms with Gasteiger partial charge in [-0.3, -0.25) is 9.69 Å². The summed E-state index contributed by atoms with van der Waals surface area (Å²) in [5.41, 5.74) is -0.496. The normalized spacial score (nSPS) is 36.0. The van der Waals surface area contributed by atoms with Crippen molar-refractivity contribution in [3.8, 4) is 0 Å². The SMILES string of the molecule is CC1(C)NCCN(C2CCNCC2)[C@]1(C)C(=O)C1CC1. The maximum Gasteiger partial charge on any atom is 0.157 e. The fourth-order valence-electron chi connectivity index (χ4n) is 4.10. The van der Waals surface area contributed by atoms with Gasteiger partial charge < -0.3 is 10.6 Å². The van der Waals surface area contributed by atoms with Crippen molar-refractivity contribution in [1.82, 2.24) is 15.5 Å². The summed E-state index contributed by atoms with van der Waals surface area (Å²) in [4.78, 5) is 15.6. The number of hydrogen-bond donors (Lipinski definition) is 2. The number of ketones is 1. The van der Waals surface area contributed by atoms with Crippen LogP contribution in [0, 0.1) is 5.92 Å². The van der Waals surface area contributed by atoms with Crippen LogP contribution in [0.4, 0.5) is 0 Å². The summed E-state index contributed by atoms with van der Waals surface area (Å²) < 4.78 is 0. The Morgan fingerprint density at radius 2 is 1.70 bits per heavy atom. The third kappa shape index (κ3) is 2.22. The number of nitrogens with one attached hydrogen (secondary N) is 2. The lowest BCUT2D eigenvalue weighted by Gasteiger charge is -2.57. The van der Waals surface area contributed by atoms with E-state index in [1.807, 2.05) is 0 Å². The van der Waals surface area contributed by atoms with Crippen molar-refractivity contribution in [2.75, 3.05) is 26.2 Å². The Kier molecular flexibility index (Phi) is 3.68. The minimum absolute atomic E-state index is 0.143. The van der Waals surface area contributed by atoms with Crippen molar-refractivity contribution >= 4 is 5.78 Å². The third-order valence-electron chi connectivity index (χ3n) is 5.89. The van der Waals surface area contributed by atoms with Crippen LogP contribution >= 0.6 is 0 Å². The van der Waals surface area contributed by atoms with Crippen LogP contribution in [-0.2, 0) is 4.79 Å². The maximum atomic E-state index is 13.1. The molecule has 2 heterocycles. The molecule has 20 heavy (non-hydrogen) atoms. The van der Waals surface area contributed by atoms with E-state index in [0.29, 0.717) is 17.7 Å². The van der Waals surface area contributed by atoms with E-state index in [1.54, 1.807) is 0 Å². The van der Waals surface area contributed by atoms with Gasteiger partial charge in [-0.2, -0.15) is 0 Å². The fourth-order valence-corrected chi connectivity index (χ4v) is 4.10. The average molecular weight is 279 g/mol. The zero-order chi connectivity index (χ0) is 14.4. The number of carbonyl (C=O) groups is 1. The molecule has 2 aliphatic heterocycles. The van der Waals surface area contributed by atoms with Crippen molar-refractivity contribution in [3.63, 3.8) is 0 Å². The molecule has 1 aliphatic carbocycles. The summed E-state index contributed by atoms with van der Waals surface area (Å²) in [6.45, 7) is 10.8. The standard InChI is InChI=1S/C16H29N3O/c1-15(2)16(3,14(20)12-4-5-12)19(11-10-18-15)13-6-8-17-9-7-13/h12-13,17-18H,4-11H2,1-3H3/t16-/m1/s1. The second-order valence-electron chi connectivity index (χ2n) is 7.44. The molecule has 4 heteroatoms. The quantitative estimate of drug-likeness (QED) is 0.814. The smallest absolute Gasteiger partial charge is 0.157 e. The zero-order valence-electron chi connectivity index (χ0n) is 13.2. The van der Waals surface area contributed by atoms with Gasteiger partial charge in [-0.05, 0) is 59.5 Å². The minimum atomic E-state index is -0.353. The molecule has 1 saturated carbocycles. The molecule has 3 rings (SSSR count). The molecule has 0 aromatic heterocycles. The molecule has 0 radical (unpaired) electrons. The Morgan fingerprint density at radius 3 is 2.30 bits per heavy atom. The van der Waals surface area contributed by atoms with Crippen LogP contribution in [0.25, 0.3) is 0 Å². The highest BCUT2D eigenvalue weighted by atomic mass is 16.1. The van der Waals surface area contributed by atoms with E-state index in [0.717, 1.165) is 39.0 Å². The van der Waals surface area contributed by atoms with Gasteiger partial charge >= 0.3 is 0 Å². The van der Waals surface area contributed by atoms with Gasteiger partial charge in [-0.1, -0.05) is 0 Å². The first kappa shape index (κ1) is 14.5. The van der Waals surface area contributed by atoms with E-state index in [4.69, 9.17) is 0 Å². The molecular weight excluding hydrogens is 250 g/mol. The summed E-state index contributed by atoms with van der Waals surface area (Å²) in [7, 11) is 0. The lowest BCUT2D eigenvalue weighted by atomic mass is 9.71. The predicted octanol–water partition coefficient (Wildman–Crippen LogP) is 1.16. The third-order valence-corrected chi connectivity index (χ3v) is 5.89. The molecule has 0 bridgehead atoms. The molecule has 2 saturated heterocycles. The van der Waals surface area contributed by atoms with E-state index >= 15 is 0 Å². The van der Waals surface area contributed by atoms with Gasteiger partial charge in [0, 0.05) is 30.6 Å². The maximum absolute atomic E-state index is 13.1. The molecule has 114 valence electrons. The highest BCUT2D eigenvalue weighted by Gasteiger charge is 2.57. The minimum Gasteiger partial charge on any atom is -0.317 e. The van der Waals surface area contributed by atoms with Crippen molar-refractivity contribution < 1.29 is 4.79 Å². The van der Waals surface area contributed by atoms with Crippen LogP contribution in [0.15, 0.2) is 0 Å². The fraction of sp³-hybridized carbons (Fsp3) is 0.938. The van der Waals surface area contributed by atoms with Crippen LogP contribution in [-0.4, -0.2) is 54.0 Å².